The van der Waals surface area contributed by atoms with Gasteiger partial charge < -0.3 is 0 Å². The van der Waals surface area contributed by atoms with Crippen LogP contribution in [0.2, 0.25) is 0 Å². The van der Waals surface area contributed by atoms with Gasteiger partial charge in [0, 0.05) is 33.4 Å². The van der Waals surface area contributed by atoms with Crippen molar-refractivity contribution < 1.29 is 4.79 Å². The zero-order valence-electron chi connectivity index (χ0n) is 16.0. The molecule has 5 heteroatoms. The minimum atomic E-state index is 0.181. The first-order valence-corrected chi connectivity index (χ1v) is 9.23. The number of ketones is 1. The number of Topliss-reactive ketones (excluding diaryl/α,β-unsaturated/α-hetero) is 1. The minimum absolute atomic E-state index is 0.181. The second-order valence-corrected chi connectivity index (χ2v) is 7.00. The maximum absolute atomic E-state index is 12.2. The molecule has 140 valence electrons. The van der Waals surface area contributed by atoms with Gasteiger partial charge in [-0.3, -0.25) is 14.8 Å². The maximum atomic E-state index is 12.2. The molecule has 2 aromatic rings. The molecule has 0 spiro atoms. The Morgan fingerprint density at radius 2 is 1.11 bits per heavy atom. The third-order valence-electron chi connectivity index (χ3n) is 4.34. The average molecular weight is 362 g/mol. The predicted molar refractivity (Wildman–Crippen MR) is 110 cm³/mol. The molecular formula is C22H26N4O. The van der Waals surface area contributed by atoms with Crippen LogP contribution in [0.3, 0.4) is 0 Å². The van der Waals surface area contributed by atoms with E-state index in [0.29, 0.717) is 19.3 Å². The Balaban J connectivity index is 1.63. The summed E-state index contributed by atoms with van der Waals surface area (Å²) in [6, 6.07) is 20.4. The van der Waals surface area contributed by atoms with Crippen molar-refractivity contribution in [2.45, 2.75) is 32.4 Å². The van der Waals surface area contributed by atoms with Crippen molar-refractivity contribution in [2.24, 2.45) is 10.2 Å². The van der Waals surface area contributed by atoms with Crippen LogP contribution in [0.25, 0.3) is 0 Å². The number of carbonyl (C=O) groups excluding carboxylic acids is 1. The Labute approximate surface area is 161 Å². The summed E-state index contributed by atoms with van der Waals surface area (Å²) >= 11 is 0. The lowest BCUT2D eigenvalue weighted by molar-refractivity contribution is -0.117. The summed E-state index contributed by atoms with van der Waals surface area (Å²) in [5.74, 6) is 0.181. The second-order valence-electron chi connectivity index (χ2n) is 7.00. The smallest absolute Gasteiger partial charge is 0.144 e. The molecule has 27 heavy (non-hydrogen) atoms. The molecule has 0 radical (unpaired) electrons. The lowest BCUT2D eigenvalue weighted by atomic mass is 9.95. The Morgan fingerprint density at radius 3 is 1.52 bits per heavy atom. The fraction of sp³-hybridized carbons (Fsp3) is 0.318. The van der Waals surface area contributed by atoms with Gasteiger partial charge in [-0.05, 0) is 11.1 Å². The van der Waals surface area contributed by atoms with Crippen LogP contribution < -0.4 is 0 Å². The van der Waals surface area contributed by atoms with Gasteiger partial charge in [0.15, 0.2) is 0 Å². The van der Waals surface area contributed by atoms with E-state index < -0.39 is 0 Å². The van der Waals surface area contributed by atoms with Crippen LogP contribution >= 0.6 is 0 Å². The van der Waals surface area contributed by atoms with E-state index in [9.17, 15) is 4.79 Å². The number of rotatable bonds is 6. The highest BCUT2D eigenvalue weighted by molar-refractivity contribution is 6.21. The fourth-order valence-electron chi connectivity index (χ4n) is 3.27. The third-order valence-corrected chi connectivity index (χ3v) is 4.34. The first-order chi connectivity index (χ1) is 13.1. The molecule has 0 atom stereocenters. The summed E-state index contributed by atoms with van der Waals surface area (Å²) in [5, 5.41) is 13.1. The predicted octanol–water partition coefficient (Wildman–Crippen LogP) is 3.72. The van der Waals surface area contributed by atoms with Crippen LogP contribution in [-0.2, 0) is 17.9 Å². The Kier molecular flexibility index (Phi) is 6.36. The number of hydrogen-bond donors (Lipinski definition) is 0. The summed E-state index contributed by atoms with van der Waals surface area (Å²) in [7, 11) is 3.88. The molecule has 0 N–H and O–H groups in total. The van der Waals surface area contributed by atoms with Gasteiger partial charge in [0.1, 0.15) is 5.78 Å². The highest BCUT2D eigenvalue weighted by Crippen LogP contribution is 2.14. The van der Waals surface area contributed by atoms with E-state index in [2.05, 4.69) is 34.5 Å². The van der Waals surface area contributed by atoms with Gasteiger partial charge >= 0.3 is 0 Å². The summed E-state index contributed by atoms with van der Waals surface area (Å²) in [6.07, 6.45) is 1.49. The molecule has 0 aromatic heterocycles. The van der Waals surface area contributed by atoms with Crippen molar-refractivity contribution >= 4 is 17.2 Å². The van der Waals surface area contributed by atoms with Crippen LogP contribution in [0.4, 0.5) is 0 Å². The number of benzene rings is 2. The van der Waals surface area contributed by atoms with Crippen LogP contribution in [0.5, 0.6) is 0 Å². The van der Waals surface area contributed by atoms with E-state index in [1.807, 2.05) is 60.5 Å². The summed E-state index contributed by atoms with van der Waals surface area (Å²) in [5.41, 5.74) is 4.17. The van der Waals surface area contributed by atoms with Crippen LogP contribution in [0.15, 0.2) is 70.9 Å². The fourth-order valence-corrected chi connectivity index (χ4v) is 3.27. The number of hydrogen-bond acceptors (Lipinski definition) is 5. The van der Waals surface area contributed by atoms with Crippen molar-refractivity contribution in [3.05, 3.63) is 71.8 Å². The first kappa shape index (κ1) is 18.8. The van der Waals surface area contributed by atoms with Crippen molar-refractivity contribution in [1.82, 2.24) is 10.0 Å². The van der Waals surface area contributed by atoms with Crippen LogP contribution in [-0.4, -0.2) is 41.3 Å². The summed E-state index contributed by atoms with van der Waals surface area (Å²) in [4.78, 5) is 12.2. The van der Waals surface area contributed by atoms with Gasteiger partial charge in [-0.15, -0.1) is 0 Å². The lowest BCUT2D eigenvalue weighted by Gasteiger charge is -2.21. The first-order valence-electron chi connectivity index (χ1n) is 9.23. The van der Waals surface area contributed by atoms with Gasteiger partial charge in [-0.1, -0.05) is 60.7 Å². The van der Waals surface area contributed by atoms with Gasteiger partial charge in [-0.25, -0.2) is 0 Å². The molecule has 1 aliphatic carbocycles. The van der Waals surface area contributed by atoms with Gasteiger partial charge in [-0.2, -0.15) is 10.2 Å². The van der Waals surface area contributed by atoms with E-state index in [0.717, 1.165) is 24.5 Å². The number of hydrazone groups is 2. The molecule has 0 bridgehead atoms. The molecule has 2 aromatic carbocycles. The minimum Gasteiger partial charge on any atom is -0.299 e. The van der Waals surface area contributed by atoms with Gasteiger partial charge in [0.25, 0.3) is 0 Å². The lowest BCUT2D eigenvalue weighted by Crippen LogP contribution is -2.27. The van der Waals surface area contributed by atoms with Gasteiger partial charge in [0.05, 0.1) is 24.5 Å². The van der Waals surface area contributed by atoms with Crippen molar-refractivity contribution in [3.8, 4) is 0 Å². The normalized spacial score (nSPS) is 17.3. The quantitative estimate of drug-likeness (QED) is 0.736. The van der Waals surface area contributed by atoms with Crippen molar-refractivity contribution in [3.63, 3.8) is 0 Å². The topological polar surface area (TPSA) is 48.3 Å². The highest BCUT2D eigenvalue weighted by Gasteiger charge is 2.21. The molecule has 0 heterocycles. The molecule has 1 saturated carbocycles. The standard InChI is InChI=1S/C22H26N4O/c1-25(16-18-9-5-3-6-10-18)23-20-13-21(15-22(27)14-20)24-26(2)17-19-11-7-4-8-12-19/h3-12H,13-17H2,1-2H3. The molecule has 5 nitrogen and oxygen atoms in total. The monoisotopic (exact) mass is 362 g/mol. The SMILES string of the molecule is CN(Cc1ccccc1)N=C1CC(=O)CC(=NN(C)Cc2ccccc2)C1. The van der Waals surface area contributed by atoms with E-state index in [1.165, 1.54) is 11.1 Å². The average Bonchev–Trinajstić information content (AvgIpc) is 2.62. The van der Waals surface area contributed by atoms with Gasteiger partial charge in [0.2, 0.25) is 0 Å². The molecule has 0 unspecified atom stereocenters. The van der Waals surface area contributed by atoms with Crippen LogP contribution in [0.1, 0.15) is 30.4 Å². The van der Waals surface area contributed by atoms with E-state index >= 15 is 0 Å². The molecule has 3 rings (SSSR count). The summed E-state index contributed by atoms with van der Waals surface area (Å²) in [6.45, 7) is 1.44. The van der Waals surface area contributed by atoms with Crippen LogP contribution in [0, 0.1) is 0 Å². The van der Waals surface area contributed by atoms with E-state index in [-0.39, 0.29) is 5.78 Å². The van der Waals surface area contributed by atoms with Crippen molar-refractivity contribution in [1.29, 1.82) is 0 Å². The maximum Gasteiger partial charge on any atom is 0.144 e. The van der Waals surface area contributed by atoms with E-state index in [1.54, 1.807) is 0 Å². The second kappa shape index (κ2) is 9.12. The number of carbonyl (C=O) groups is 1. The molecule has 0 saturated heterocycles. The van der Waals surface area contributed by atoms with Crippen molar-refractivity contribution in [2.75, 3.05) is 14.1 Å². The molecule has 1 aliphatic rings. The Morgan fingerprint density at radius 1 is 0.704 bits per heavy atom. The molecule has 0 amide bonds. The molecule has 0 aliphatic heterocycles. The van der Waals surface area contributed by atoms with E-state index in [4.69, 9.17) is 0 Å². The summed E-state index contributed by atoms with van der Waals surface area (Å²) < 4.78 is 0. The largest absolute Gasteiger partial charge is 0.299 e. The highest BCUT2D eigenvalue weighted by atomic mass is 16.1. The third kappa shape index (κ3) is 6.06. The zero-order valence-corrected chi connectivity index (χ0v) is 16.0. The Bertz CT molecular complexity index is 747. The molecule has 1 fully saturated rings. The Hall–Kier alpha value is -2.95. The molecular weight excluding hydrogens is 336 g/mol. The zero-order chi connectivity index (χ0) is 19.1. The number of nitrogens with zero attached hydrogens (tertiary/aromatic N) is 4.